The predicted octanol–water partition coefficient (Wildman–Crippen LogP) is 2.94. The number of tetrazole rings is 1. The number of benzene rings is 2. The zero-order valence-electron chi connectivity index (χ0n) is 13.3. The standard InChI is InChI=1S/C17H14BrN5O2/c1-11(24)12-5-4-6-13(9-12)19-16(25)10-23-21-17(20-22-23)14-7-2-3-8-15(14)18/h2-9H,10H2,1H3,(H,19,25). The van der Waals surface area contributed by atoms with Gasteiger partial charge in [-0.1, -0.05) is 40.2 Å². The minimum absolute atomic E-state index is 0.0629. The van der Waals surface area contributed by atoms with Crippen LogP contribution in [0.4, 0.5) is 5.69 Å². The molecule has 7 nitrogen and oxygen atoms in total. The van der Waals surface area contributed by atoms with Gasteiger partial charge in [0, 0.05) is 21.3 Å². The molecule has 2 aromatic carbocycles. The minimum atomic E-state index is -0.309. The number of rotatable bonds is 5. The van der Waals surface area contributed by atoms with Gasteiger partial charge in [-0.2, -0.15) is 4.80 Å². The maximum atomic E-state index is 12.1. The highest BCUT2D eigenvalue weighted by Gasteiger charge is 2.12. The van der Waals surface area contributed by atoms with Crippen LogP contribution in [0.5, 0.6) is 0 Å². The fourth-order valence-electron chi connectivity index (χ4n) is 2.21. The van der Waals surface area contributed by atoms with Crippen LogP contribution in [0.25, 0.3) is 11.4 Å². The molecular formula is C17H14BrN5O2. The van der Waals surface area contributed by atoms with Gasteiger partial charge in [0.05, 0.1) is 0 Å². The molecule has 1 heterocycles. The van der Waals surface area contributed by atoms with E-state index in [0.717, 1.165) is 10.0 Å². The van der Waals surface area contributed by atoms with Crippen molar-refractivity contribution in [1.29, 1.82) is 0 Å². The quantitative estimate of drug-likeness (QED) is 0.666. The van der Waals surface area contributed by atoms with Crippen molar-refractivity contribution in [3.63, 3.8) is 0 Å². The molecule has 3 rings (SSSR count). The van der Waals surface area contributed by atoms with Crippen molar-refractivity contribution < 1.29 is 9.59 Å². The number of ketones is 1. The monoisotopic (exact) mass is 399 g/mol. The lowest BCUT2D eigenvalue weighted by molar-refractivity contribution is -0.117. The number of anilines is 1. The van der Waals surface area contributed by atoms with Gasteiger partial charge in [0.2, 0.25) is 11.7 Å². The number of hydrogen-bond donors (Lipinski definition) is 1. The Labute approximate surface area is 152 Å². The molecule has 0 saturated carbocycles. The van der Waals surface area contributed by atoms with Crippen molar-refractivity contribution in [2.45, 2.75) is 13.5 Å². The molecule has 0 saturated heterocycles. The molecule has 1 N–H and O–H groups in total. The molecule has 0 aliphatic carbocycles. The average molecular weight is 400 g/mol. The van der Waals surface area contributed by atoms with E-state index in [1.165, 1.54) is 11.7 Å². The maximum Gasteiger partial charge on any atom is 0.248 e. The van der Waals surface area contributed by atoms with Crippen molar-refractivity contribution in [2.75, 3.05) is 5.32 Å². The molecular weight excluding hydrogens is 386 g/mol. The summed E-state index contributed by atoms with van der Waals surface area (Å²) in [5.74, 6) is 0.0581. The second-order valence-corrected chi connectivity index (χ2v) is 6.16. The molecule has 1 aromatic heterocycles. The first-order valence-corrected chi connectivity index (χ1v) is 8.26. The van der Waals surface area contributed by atoms with Gasteiger partial charge < -0.3 is 5.32 Å². The number of nitrogens with one attached hydrogen (secondary N) is 1. The summed E-state index contributed by atoms with van der Waals surface area (Å²) in [5, 5.41) is 14.8. The SMILES string of the molecule is CC(=O)c1cccc(NC(=O)Cn2nnc(-c3ccccc3Br)n2)c1. The van der Waals surface area contributed by atoms with Gasteiger partial charge in [0.25, 0.3) is 0 Å². The third-order valence-corrected chi connectivity index (χ3v) is 4.10. The van der Waals surface area contributed by atoms with E-state index in [-0.39, 0.29) is 18.2 Å². The molecule has 0 aliphatic rings. The Bertz CT molecular complexity index is 938. The first-order valence-electron chi connectivity index (χ1n) is 7.46. The number of aromatic nitrogens is 4. The molecule has 1 amide bonds. The number of carbonyl (C=O) groups excluding carboxylic acids is 2. The fourth-order valence-corrected chi connectivity index (χ4v) is 2.67. The Morgan fingerprint density at radius 1 is 1.16 bits per heavy atom. The molecule has 0 fully saturated rings. The van der Waals surface area contributed by atoms with E-state index in [1.54, 1.807) is 24.3 Å². The normalized spacial score (nSPS) is 10.5. The zero-order valence-corrected chi connectivity index (χ0v) is 14.9. The fraction of sp³-hybridized carbons (Fsp3) is 0.118. The highest BCUT2D eigenvalue weighted by atomic mass is 79.9. The Morgan fingerprint density at radius 2 is 1.96 bits per heavy atom. The van der Waals surface area contributed by atoms with Crippen LogP contribution in [-0.2, 0) is 11.3 Å². The highest BCUT2D eigenvalue weighted by molar-refractivity contribution is 9.10. The molecule has 0 spiro atoms. The van der Waals surface area contributed by atoms with E-state index in [4.69, 9.17) is 0 Å². The molecule has 0 unspecified atom stereocenters. The van der Waals surface area contributed by atoms with Crippen LogP contribution in [-0.4, -0.2) is 31.9 Å². The van der Waals surface area contributed by atoms with Gasteiger partial charge in [-0.05, 0) is 36.4 Å². The number of amides is 1. The van der Waals surface area contributed by atoms with E-state index in [0.29, 0.717) is 17.1 Å². The summed E-state index contributed by atoms with van der Waals surface area (Å²) in [5.41, 5.74) is 1.88. The van der Waals surface area contributed by atoms with Crippen molar-refractivity contribution in [1.82, 2.24) is 20.2 Å². The highest BCUT2D eigenvalue weighted by Crippen LogP contribution is 2.24. The molecule has 0 atom stereocenters. The van der Waals surface area contributed by atoms with Crippen LogP contribution in [0, 0.1) is 0 Å². The van der Waals surface area contributed by atoms with E-state index >= 15 is 0 Å². The summed E-state index contributed by atoms with van der Waals surface area (Å²) >= 11 is 3.43. The predicted molar refractivity (Wildman–Crippen MR) is 96.0 cm³/mol. The second kappa shape index (κ2) is 7.35. The molecule has 0 radical (unpaired) electrons. The first-order chi connectivity index (χ1) is 12.0. The number of Topliss-reactive ketones (excluding diaryl/α,β-unsaturated/α-hetero) is 1. The van der Waals surface area contributed by atoms with Crippen LogP contribution in [0.1, 0.15) is 17.3 Å². The summed E-state index contributed by atoms with van der Waals surface area (Å²) in [6.07, 6.45) is 0. The molecule has 0 bridgehead atoms. The van der Waals surface area contributed by atoms with Crippen molar-refractivity contribution in [3.8, 4) is 11.4 Å². The number of halogens is 1. The molecule has 25 heavy (non-hydrogen) atoms. The van der Waals surface area contributed by atoms with Gasteiger partial charge in [0.15, 0.2) is 5.78 Å². The van der Waals surface area contributed by atoms with Gasteiger partial charge in [-0.25, -0.2) is 0 Å². The van der Waals surface area contributed by atoms with Gasteiger partial charge >= 0.3 is 0 Å². The number of nitrogens with zero attached hydrogens (tertiary/aromatic N) is 4. The van der Waals surface area contributed by atoms with Crippen molar-refractivity contribution >= 4 is 33.3 Å². The Balaban J connectivity index is 1.69. The second-order valence-electron chi connectivity index (χ2n) is 5.31. The van der Waals surface area contributed by atoms with E-state index in [2.05, 4.69) is 36.7 Å². The number of hydrogen-bond acceptors (Lipinski definition) is 5. The average Bonchev–Trinajstić information content (AvgIpc) is 3.03. The Kier molecular flexibility index (Phi) is 4.99. The molecule has 3 aromatic rings. The lowest BCUT2D eigenvalue weighted by atomic mass is 10.1. The lowest BCUT2D eigenvalue weighted by Gasteiger charge is -2.05. The van der Waals surface area contributed by atoms with Crippen LogP contribution in [0.2, 0.25) is 0 Å². The lowest BCUT2D eigenvalue weighted by Crippen LogP contribution is -2.20. The van der Waals surface area contributed by atoms with Gasteiger partial charge in [-0.3, -0.25) is 9.59 Å². The van der Waals surface area contributed by atoms with Crippen molar-refractivity contribution in [2.24, 2.45) is 0 Å². The Hall–Kier alpha value is -2.87. The largest absolute Gasteiger partial charge is 0.324 e. The summed E-state index contributed by atoms with van der Waals surface area (Å²) in [4.78, 5) is 24.8. The maximum absolute atomic E-state index is 12.1. The summed E-state index contributed by atoms with van der Waals surface area (Å²) in [6, 6.07) is 14.2. The van der Waals surface area contributed by atoms with Gasteiger partial charge in [-0.15, -0.1) is 10.2 Å². The minimum Gasteiger partial charge on any atom is -0.324 e. The van der Waals surface area contributed by atoms with E-state index < -0.39 is 0 Å². The van der Waals surface area contributed by atoms with Crippen molar-refractivity contribution in [3.05, 3.63) is 58.6 Å². The summed E-state index contributed by atoms with van der Waals surface area (Å²) < 4.78 is 0.847. The molecule has 126 valence electrons. The zero-order chi connectivity index (χ0) is 17.8. The summed E-state index contributed by atoms with van der Waals surface area (Å²) in [6.45, 7) is 1.39. The van der Waals surface area contributed by atoms with Gasteiger partial charge in [0.1, 0.15) is 6.54 Å². The molecule has 0 aliphatic heterocycles. The number of carbonyl (C=O) groups is 2. The van der Waals surface area contributed by atoms with Crippen LogP contribution >= 0.6 is 15.9 Å². The molecule has 8 heteroatoms. The first kappa shape index (κ1) is 17.0. The summed E-state index contributed by atoms with van der Waals surface area (Å²) in [7, 11) is 0. The van der Waals surface area contributed by atoms with E-state index in [1.807, 2.05) is 24.3 Å². The topological polar surface area (TPSA) is 89.8 Å². The Morgan fingerprint density at radius 3 is 2.72 bits per heavy atom. The van der Waals surface area contributed by atoms with Crippen LogP contribution in [0.3, 0.4) is 0 Å². The third kappa shape index (κ3) is 4.16. The van der Waals surface area contributed by atoms with Crippen LogP contribution in [0.15, 0.2) is 53.0 Å². The third-order valence-electron chi connectivity index (χ3n) is 3.41. The van der Waals surface area contributed by atoms with E-state index in [9.17, 15) is 9.59 Å². The van der Waals surface area contributed by atoms with Crippen LogP contribution < -0.4 is 5.32 Å². The smallest absolute Gasteiger partial charge is 0.248 e.